The molecule has 1 aliphatic rings. The molecule has 0 aromatic heterocycles. The lowest BCUT2D eigenvalue weighted by Crippen LogP contribution is -2.03. The van der Waals surface area contributed by atoms with Gasteiger partial charge in [-0.1, -0.05) is 30.3 Å². The predicted molar refractivity (Wildman–Crippen MR) is 72.1 cm³/mol. The first kappa shape index (κ1) is 14.0. The maximum absolute atomic E-state index is 12.1. The molecule has 1 aliphatic heterocycles. The maximum atomic E-state index is 12.1. The van der Waals surface area contributed by atoms with E-state index in [-0.39, 0.29) is 5.75 Å². The van der Waals surface area contributed by atoms with Crippen LogP contribution in [-0.4, -0.2) is 11.7 Å². The van der Waals surface area contributed by atoms with Gasteiger partial charge >= 0.3 is 6.61 Å². The average molecular weight is 292 g/mol. The van der Waals surface area contributed by atoms with Gasteiger partial charge in [-0.2, -0.15) is 8.78 Å². The van der Waals surface area contributed by atoms with Gasteiger partial charge in [-0.15, -0.1) is 0 Å². The Morgan fingerprint density at radius 1 is 0.952 bits per heavy atom. The minimum Gasteiger partial charge on any atom is -0.435 e. The highest BCUT2D eigenvalue weighted by atomic mass is 19.3. The molecule has 0 aliphatic carbocycles. The molecule has 3 rings (SSSR count). The molecule has 3 nitrogen and oxygen atoms in total. The van der Waals surface area contributed by atoms with Crippen molar-refractivity contribution in [3.63, 3.8) is 0 Å². The smallest absolute Gasteiger partial charge is 0.387 e. The van der Waals surface area contributed by atoms with Crippen LogP contribution < -0.4 is 4.74 Å². The van der Waals surface area contributed by atoms with Crippen LogP contribution in [0.25, 0.3) is 0 Å². The molecule has 0 amide bonds. The number of aliphatic hydroxyl groups excluding tert-OH is 1. The van der Waals surface area contributed by atoms with Crippen LogP contribution in [0.3, 0.4) is 0 Å². The minimum atomic E-state index is -2.85. The number of rotatable bonds is 4. The number of hydrogen-bond acceptors (Lipinski definition) is 3. The molecule has 0 spiro atoms. The summed E-state index contributed by atoms with van der Waals surface area (Å²) in [5.74, 6) is 0.0725. The van der Waals surface area contributed by atoms with E-state index in [0.717, 1.165) is 16.7 Å². The first-order valence-electron chi connectivity index (χ1n) is 6.56. The van der Waals surface area contributed by atoms with Crippen LogP contribution in [0, 0.1) is 0 Å². The van der Waals surface area contributed by atoms with E-state index >= 15 is 0 Å². The van der Waals surface area contributed by atoms with Crippen molar-refractivity contribution in [3.8, 4) is 5.75 Å². The lowest BCUT2D eigenvalue weighted by Gasteiger charge is -2.13. The second-order valence-corrected chi connectivity index (χ2v) is 4.87. The van der Waals surface area contributed by atoms with Crippen LogP contribution >= 0.6 is 0 Å². The number of aliphatic hydroxyl groups is 1. The molecule has 1 unspecified atom stereocenters. The van der Waals surface area contributed by atoms with Crippen molar-refractivity contribution in [1.82, 2.24) is 0 Å². The van der Waals surface area contributed by atoms with Crippen molar-refractivity contribution in [1.29, 1.82) is 0 Å². The SMILES string of the molecule is OC(c1ccc(OC(F)F)cc1)c1ccc2c(c1)COC2. The van der Waals surface area contributed by atoms with Gasteiger partial charge in [0.05, 0.1) is 13.2 Å². The van der Waals surface area contributed by atoms with E-state index < -0.39 is 12.7 Å². The van der Waals surface area contributed by atoms with Gasteiger partial charge in [0, 0.05) is 0 Å². The summed E-state index contributed by atoms with van der Waals surface area (Å²) in [6.45, 7) is -1.69. The molecule has 21 heavy (non-hydrogen) atoms. The van der Waals surface area contributed by atoms with Gasteiger partial charge in [-0.05, 0) is 34.4 Å². The monoisotopic (exact) mass is 292 g/mol. The van der Waals surface area contributed by atoms with E-state index in [9.17, 15) is 13.9 Å². The Morgan fingerprint density at radius 3 is 2.33 bits per heavy atom. The van der Waals surface area contributed by atoms with Crippen molar-refractivity contribution in [3.05, 3.63) is 64.7 Å². The Morgan fingerprint density at radius 2 is 1.62 bits per heavy atom. The fourth-order valence-corrected chi connectivity index (χ4v) is 2.39. The number of ether oxygens (including phenoxy) is 2. The highest BCUT2D eigenvalue weighted by Gasteiger charge is 2.16. The summed E-state index contributed by atoms with van der Waals surface area (Å²) < 4.78 is 33.8. The van der Waals surface area contributed by atoms with Crippen molar-refractivity contribution in [2.24, 2.45) is 0 Å². The fourth-order valence-electron chi connectivity index (χ4n) is 2.39. The summed E-state index contributed by atoms with van der Waals surface area (Å²) in [7, 11) is 0. The van der Waals surface area contributed by atoms with Crippen LogP contribution in [0.4, 0.5) is 8.78 Å². The summed E-state index contributed by atoms with van der Waals surface area (Å²) in [5, 5.41) is 10.4. The van der Waals surface area contributed by atoms with Crippen molar-refractivity contribution < 1.29 is 23.4 Å². The van der Waals surface area contributed by atoms with E-state index in [1.54, 1.807) is 12.1 Å². The van der Waals surface area contributed by atoms with Crippen LogP contribution in [0.5, 0.6) is 5.75 Å². The molecule has 1 atom stereocenters. The van der Waals surface area contributed by atoms with Gasteiger partial charge < -0.3 is 14.6 Å². The molecule has 0 radical (unpaired) electrons. The molecule has 1 heterocycles. The lowest BCUT2D eigenvalue weighted by molar-refractivity contribution is -0.0498. The highest BCUT2D eigenvalue weighted by molar-refractivity contribution is 5.39. The third-order valence-corrected chi connectivity index (χ3v) is 3.48. The van der Waals surface area contributed by atoms with Gasteiger partial charge in [0.2, 0.25) is 0 Å². The third-order valence-electron chi connectivity index (χ3n) is 3.48. The third kappa shape index (κ3) is 3.04. The molecular formula is C16H14F2O3. The zero-order chi connectivity index (χ0) is 14.8. The molecule has 2 aromatic rings. The van der Waals surface area contributed by atoms with Gasteiger partial charge in [0.25, 0.3) is 0 Å². The normalized spacial score (nSPS) is 15.0. The van der Waals surface area contributed by atoms with Gasteiger partial charge in [0.1, 0.15) is 11.9 Å². The summed E-state index contributed by atoms with van der Waals surface area (Å²) in [4.78, 5) is 0. The first-order chi connectivity index (χ1) is 10.1. The molecule has 0 fully saturated rings. The molecule has 0 saturated carbocycles. The molecule has 110 valence electrons. The van der Waals surface area contributed by atoms with E-state index in [4.69, 9.17) is 4.74 Å². The Labute approximate surface area is 120 Å². The molecule has 0 bridgehead atoms. The molecule has 0 saturated heterocycles. The lowest BCUT2D eigenvalue weighted by atomic mass is 9.98. The number of halogens is 2. The quantitative estimate of drug-likeness (QED) is 0.938. The molecule has 2 aromatic carbocycles. The Hall–Kier alpha value is -1.98. The first-order valence-corrected chi connectivity index (χ1v) is 6.56. The van der Waals surface area contributed by atoms with Crippen molar-refractivity contribution >= 4 is 0 Å². The summed E-state index contributed by atoms with van der Waals surface area (Å²) in [5.41, 5.74) is 3.58. The van der Waals surface area contributed by atoms with Gasteiger partial charge in [-0.25, -0.2) is 0 Å². The van der Waals surface area contributed by atoms with Crippen LogP contribution in [0.15, 0.2) is 42.5 Å². The molecular weight excluding hydrogens is 278 g/mol. The molecule has 1 N–H and O–H groups in total. The zero-order valence-electron chi connectivity index (χ0n) is 11.1. The van der Waals surface area contributed by atoms with Crippen molar-refractivity contribution in [2.75, 3.05) is 0 Å². The van der Waals surface area contributed by atoms with E-state index in [0.29, 0.717) is 18.8 Å². The number of hydrogen-bond donors (Lipinski definition) is 1. The summed E-state index contributed by atoms with van der Waals surface area (Å²) >= 11 is 0. The minimum absolute atomic E-state index is 0.0725. The zero-order valence-corrected chi connectivity index (χ0v) is 11.1. The summed E-state index contributed by atoms with van der Waals surface area (Å²) in [6.07, 6.45) is -0.809. The van der Waals surface area contributed by atoms with Gasteiger partial charge in [0.15, 0.2) is 0 Å². The standard InChI is InChI=1S/C16H14F2O3/c17-16(18)21-14-5-3-10(4-6-14)15(19)11-1-2-12-8-20-9-13(12)7-11/h1-7,15-16,19H,8-9H2. The Kier molecular flexibility index (Phi) is 3.86. The topological polar surface area (TPSA) is 38.7 Å². The highest BCUT2D eigenvalue weighted by Crippen LogP contribution is 2.28. The van der Waals surface area contributed by atoms with Crippen molar-refractivity contribution in [2.45, 2.75) is 25.9 Å². The second-order valence-electron chi connectivity index (χ2n) is 4.87. The maximum Gasteiger partial charge on any atom is 0.387 e. The number of benzene rings is 2. The largest absolute Gasteiger partial charge is 0.435 e. The summed E-state index contributed by atoms with van der Waals surface area (Å²) in [6, 6.07) is 11.7. The average Bonchev–Trinajstić information content (AvgIpc) is 2.94. The number of fused-ring (bicyclic) bond motifs is 1. The van der Waals surface area contributed by atoms with Gasteiger partial charge in [-0.3, -0.25) is 0 Å². The fraction of sp³-hybridized carbons (Fsp3) is 0.250. The predicted octanol–water partition coefficient (Wildman–Crippen LogP) is 3.40. The molecule has 5 heteroatoms. The van der Waals surface area contributed by atoms with E-state index in [1.165, 1.54) is 12.1 Å². The van der Waals surface area contributed by atoms with E-state index in [2.05, 4.69) is 4.74 Å². The van der Waals surface area contributed by atoms with E-state index in [1.807, 2.05) is 18.2 Å². The Balaban J connectivity index is 1.79. The van der Waals surface area contributed by atoms with Crippen LogP contribution in [-0.2, 0) is 18.0 Å². The van der Waals surface area contributed by atoms with Crippen LogP contribution in [0.1, 0.15) is 28.4 Å². The van der Waals surface area contributed by atoms with Crippen LogP contribution in [0.2, 0.25) is 0 Å². The Bertz CT molecular complexity index is 626. The second kappa shape index (κ2) is 5.79. The number of alkyl halides is 2.